The number of hydrogen-bond donors (Lipinski definition) is 2. The predicted molar refractivity (Wildman–Crippen MR) is 121 cm³/mol. The van der Waals surface area contributed by atoms with Crippen LogP contribution in [-0.2, 0) is 11.4 Å². The number of amides is 1. The van der Waals surface area contributed by atoms with Crippen LogP contribution < -0.4 is 14.9 Å². The van der Waals surface area contributed by atoms with Crippen molar-refractivity contribution in [3.05, 3.63) is 94.5 Å². The first-order valence-electron chi connectivity index (χ1n) is 9.77. The zero-order valence-electron chi connectivity index (χ0n) is 17.0. The number of nitrogens with one attached hydrogen (secondary N) is 1. The summed E-state index contributed by atoms with van der Waals surface area (Å²) in [5.41, 5.74) is 4.53. The monoisotopic (exact) mass is 438 g/mol. The molecule has 0 spiro atoms. The molecular formula is C24H23ClN2O4. The first-order chi connectivity index (χ1) is 15.1. The molecule has 0 aliphatic heterocycles. The SMILES string of the molecule is CCOc1cc(/C=N\NC(=O)[C@@H](O)c2ccccc2)ccc1OCc1ccc(Cl)cc1. The van der Waals surface area contributed by atoms with E-state index in [9.17, 15) is 9.90 Å². The van der Waals surface area contributed by atoms with Crippen LogP contribution in [0.15, 0.2) is 77.9 Å². The molecule has 6 nitrogen and oxygen atoms in total. The lowest BCUT2D eigenvalue weighted by atomic mass is 10.1. The van der Waals surface area contributed by atoms with Gasteiger partial charge in [-0.15, -0.1) is 0 Å². The van der Waals surface area contributed by atoms with Crippen LogP contribution in [0.1, 0.15) is 29.7 Å². The topological polar surface area (TPSA) is 80.2 Å². The van der Waals surface area contributed by atoms with Crippen LogP contribution in [0.5, 0.6) is 11.5 Å². The van der Waals surface area contributed by atoms with E-state index in [4.69, 9.17) is 21.1 Å². The quantitative estimate of drug-likeness (QED) is 0.380. The molecule has 31 heavy (non-hydrogen) atoms. The molecule has 1 amide bonds. The summed E-state index contributed by atoms with van der Waals surface area (Å²) < 4.78 is 11.6. The number of rotatable bonds is 9. The number of carbonyl (C=O) groups is 1. The van der Waals surface area contributed by atoms with Gasteiger partial charge in [-0.2, -0.15) is 5.10 Å². The maximum absolute atomic E-state index is 12.1. The summed E-state index contributed by atoms with van der Waals surface area (Å²) in [6.07, 6.45) is 0.183. The summed E-state index contributed by atoms with van der Waals surface area (Å²) in [5, 5.41) is 14.7. The number of aliphatic hydroxyl groups excluding tert-OH is 1. The molecule has 1 atom stereocenters. The molecule has 3 rings (SSSR count). The lowest BCUT2D eigenvalue weighted by Gasteiger charge is -2.13. The number of halogens is 1. The van der Waals surface area contributed by atoms with Gasteiger partial charge in [0.25, 0.3) is 5.91 Å². The van der Waals surface area contributed by atoms with E-state index in [2.05, 4.69) is 10.5 Å². The van der Waals surface area contributed by atoms with Crippen molar-refractivity contribution in [3.8, 4) is 11.5 Å². The second-order valence-corrected chi connectivity index (χ2v) is 7.04. The Hall–Kier alpha value is -3.35. The highest BCUT2D eigenvalue weighted by molar-refractivity contribution is 6.30. The molecule has 7 heteroatoms. The van der Waals surface area contributed by atoms with Crippen LogP contribution in [0.4, 0.5) is 0 Å². The van der Waals surface area contributed by atoms with Crippen LogP contribution >= 0.6 is 11.6 Å². The fourth-order valence-electron chi connectivity index (χ4n) is 2.75. The Bertz CT molecular complexity index is 1020. The Morgan fingerprint density at radius 1 is 1.06 bits per heavy atom. The highest BCUT2D eigenvalue weighted by Crippen LogP contribution is 2.29. The van der Waals surface area contributed by atoms with Crippen molar-refractivity contribution in [2.45, 2.75) is 19.6 Å². The van der Waals surface area contributed by atoms with Crippen molar-refractivity contribution in [1.29, 1.82) is 0 Å². The smallest absolute Gasteiger partial charge is 0.273 e. The largest absolute Gasteiger partial charge is 0.490 e. The van der Waals surface area contributed by atoms with Gasteiger partial charge in [-0.25, -0.2) is 5.43 Å². The van der Waals surface area contributed by atoms with Crippen molar-refractivity contribution in [2.24, 2.45) is 5.10 Å². The highest BCUT2D eigenvalue weighted by Gasteiger charge is 2.16. The molecule has 0 aliphatic rings. The highest BCUT2D eigenvalue weighted by atomic mass is 35.5. The number of hydrazone groups is 1. The van der Waals surface area contributed by atoms with E-state index >= 15 is 0 Å². The van der Waals surface area contributed by atoms with Crippen molar-refractivity contribution >= 4 is 23.7 Å². The van der Waals surface area contributed by atoms with E-state index in [0.717, 1.165) is 5.56 Å². The van der Waals surface area contributed by atoms with Crippen molar-refractivity contribution in [3.63, 3.8) is 0 Å². The molecule has 0 saturated heterocycles. The molecular weight excluding hydrogens is 416 g/mol. The van der Waals surface area contributed by atoms with Crippen molar-refractivity contribution < 1.29 is 19.4 Å². The number of nitrogens with zero attached hydrogens (tertiary/aromatic N) is 1. The van der Waals surface area contributed by atoms with Gasteiger partial charge in [0.05, 0.1) is 12.8 Å². The maximum atomic E-state index is 12.1. The molecule has 0 unspecified atom stereocenters. The lowest BCUT2D eigenvalue weighted by molar-refractivity contribution is -0.129. The summed E-state index contributed by atoms with van der Waals surface area (Å²) in [5.74, 6) is 0.545. The molecule has 3 aromatic rings. The normalized spacial score (nSPS) is 11.8. The number of benzene rings is 3. The Morgan fingerprint density at radius 3 is 2.52 bits per heavy atom. The van der Waals surface area contributed by atoms with Crippen LogP contribution in [-0.4, -0.2) is 23.8 Å². The number of hydrogen-bond acceptors (Lipinski definition) is 5. The summed E-state index contributed by atoms with van der Waals surface area (Å²) in [6, 6.07) is 21.4. The minimum Gasteiger partial charge on any atom is -0.490 e. The van der Waals surface area contributed by atoms with E-state index in [-0.39, 0.29) is 0 Å². The minimum atomic E-state index is -1.29. The van der Waals surface area contributed by atoms with E-state index in [0.29, 0.717) is 40.9 Å². The van der Waals surface area contributed by atoms with Gasteiger partial charge in [-0.3, -0.25) is 4.79 Å². The van der Waals surface area contributed by atoms with Gasteiger partial charge in [0.1, 0.15) is 6.61 Å². The first kappa shape index (κ1) is 22.3. The van der Waals surface area contributed by atoms with E-state index in [1.165, 1.54) is 6.21 Å². The lowest BCUT2D eigenvalue weighted by Crippen LogP contribution is -2.25. The second kappa shape index (κ2) is 11.2. The first-order valence-corrected chi connectivity index (χ1v) is 10.1. The van der Waals surface area contributed by atoms with Gasteiger partial charge in [-0.05, 0) is 53.9 Å². The summed E-state index contributed by atoms with van der Waals surface area (Å²) >= 11 is 5.91. The fourth-order valence-corrected chi connectivity index (χ4v) is 2.88. The second-order valence-electron chi connectivity index (χ2n) is 6.60. The Kier molecular flexibility index (Phi) is 8.04. The van der Waals surface area contributed by atoms with Crippen LogP contribution in [0.25, 0.3) is 0 Å². The van der Waals surface area contributed by atoms with Gasteiger partial charge in [0.15, 0.2) is 17.6 Å². The zero-order chi connectivity index (χ0) is 22.1. The molecule has 0 bridgehead atoms. The minimum absolute atomic E-state index is 0.373. The molecule has 0 fully saturated rings. The standard InChI is InChI=1S/C24H23ClN2O4/c1-2-30-22-14-18(10-13-21(22)31-16-17-8-11-20(25)12-9-17)15-26-27-24(29)23(28)19-6-4-3-5-7-19/h3-15,23,28H,2,16H2,1H3,(H,27,29)/b26-15-/t23-/m0/s1. The molecule has 160 valence electrons. The molecule has 0 heterocycles. The number of aliphatic hydroxyl groups is 1. The van der Waals surface area contributed by atoms with Gasteiger partial charge < -0.3 is 14.6 Å². The molecule has 0 radical (unpaired) electrons. The Labute approximate surface area is 186 Å². The van der Waals surface area contributed by atoms with Crippen molar-refractivity contribution in [1.82, 2.24) is 5.43 Å². The predicted octanol–water partition coefficient (Wildman–Crippen LogP) is 4.50. The van der Waals surface area contributed by atoms with E-state index < -0.39 is 12.0 Å². The van der Waals surface area contributed by atoms with Gasteiger partial charge in [-0.1, -0.05) is 54.1 Å². The summed E-state index contributed by atoms with van der Waals surface area (Å²) in [4.78, 5) is 12.1. The fraction of sp³-hybridized carbons (Fsp3) is 0.167. The molecule has 0 aromatic heterocycles. The maximum Gasteiger partial charge on any atom is 0.273 e. The van der Waals surface area contributed by atoms with Crippen molar-refractivity contribution in [2.75, 3.05) is 6.61 Å². The average molecular weight is 439 g/mol. The number of carbonyl (C=O) groups excluding carboxylic acids is 1. The average Bonchev–Trinajstić information content (AvgIpc) is 2.80. The van der Waals surface area contributed by atoms with Crippen LogP contribution in [0, 0.1) is 0 Å². The Morgan fingerprint density at radius 2 is 1.81 bits per heavy atom. The van der Waals surface area contributed by atoms with E-state index in [1.54, 1.807) is 42.5 Å². The van der Waals surface area contributed by atoms with Gasteiger partial charge in [0.2, 0.25) is 0 Å². The third-order valence-corrected chi connectivity index (χ3v) is 4.58. The van der Waals surface area contributed by atoms with E-state index in [1.807, 2.05) is 37.3 Å². The summed E-state index contributed by atoms with van der Waals surface area (Å²) in [6.45, 7) is 2.73. The van der Waals surface area contributed by atoms with Crippen LogP contribution in [0.2, 0.25) is 5.02 Å². The Balaban J connectivity index is 1.62. The molecule has 0 aliphatic carbocycles. The third-order valence-electron chi connectivity index (χ3n) is 4.33. The number of ether oxygens (including phenoxy) is 2. The molecule has 0 saturated carbocycles. The zero-order valence-corrected chi connectivity index (χ0v) is 17.8. The van der Waals surface area contributed by atoms with Gasteiger partial charge in [0, 0.05) is 5.02 Å². The van der Waals surface area contributed by atoms with Gasteiger partial charge >= 0.3 is 0 Å². The molecule has 3 aromatic carbocycles. The third kappa shape index (κ3) is 6.57. The van der Waals surface area contributed by atoms with Crippen LogP contribution in [0.3, 0.4) is 0 Å². The molecule has 2 N–H and O–H groups in total. The summed E-state index contributed by atoms with van der Waals surface area (Å²) in [7, 11) is 0.